The third-order valence-electron chi connectivity index (χ3n) is 3.94. The Morgan fingerprint density at radius 3 is 2.62 bits per heavy atom. The Bertz CT molecular complexity index is 1070. The van der Waals surface area contributed by atoms with Crippen LogP contribution in [-0.2, 0) is 7.05 Å². The van der Waals surface area contributed by atoms with Crippen molar-refractivity contribution in [2.45, 2.75) is 10.1 Å². The average molecular weight is 415 g/mol. The molecule has 3 aromatic rings. The van der Waals surface area contributed by atoms with E-state index in [9.17, 15) is 14.9 Å². The summed E-state index contributed by atoms with van der Waals surface area (Å²) in [6.07, 6.45) is 1.50. The third-order valence-corrected chi connectivity index (χ3v) is 5.06. The summed E-state index contributed by atoms with van der Waals surface area (Å²) in [7, 11) is 4.71. The van der Waals surface area contributed by atoms with E-state index >= 15 is 0 Å². The van der Waals surface area contributed by atoms with E-state index in [2.05, 4.69) is 15.5 Å². The minimum atomic E-state index is -0.540. The SMILES string of the molecule is COc1ccc(OC)c(NC(=O)c2ccc(Sc3nncn3C)c([N+](=O)[O-])c2)c1. The van der Waals surface area contributed by atoms with E-state index in [1.165, 1.54) is 38.7 Å². The number of anilines is 1. The van der Waals surface area contributed by atoms with Crippen molar-refractivity contribution in [1.29, 1.82) is 0 Å². The van der Waals surface area contributed by atoms with Gasteiger partial charge in [-0.1, -0.05) is 0 Å². The number of nitro groups is 1. The first kappa shape index (κ1) is 20.1. The van der Waals surface area contributed by atoms with Crippen molar-refractivity contribution in [1.82, 2.24) is 14.8 Å². The number of hydrogen-bond donors (Lipinski definition) is 1. The highest BCUT2D eigenvalue weighted by Gasteiger charge is 2.21. The van der Waals surface area contributed by atoms with Gasteiger partial charge in [0.25, 0.3) is 11.6 Å². The van der Waals surface area contributed by atoms with E-state index in [-0.39, 0.29) is 11.3 Å². The number of nitro benzene ring substituents is 1. The summed E-state index contributed by atoms with van der Waals surface area (Å²) in [6, 6.07) is 9.18. The smallest absolute Gasteiger partial charge is 0.284 e. The largest absolute Gasteiger partial charge is 0.497 e. The molecule has 150 valence electrons. The van der Waals surface area contributed by atoms with Crippen molar-refractivity contribution in [3.05, 3.63) is 58.4 Å². The molecule has 11 heteroatoms. The number of aryl methyl sites for hydroxylation is 1. The number of benzene rings is 2. The van der Waals surface area contributed by atoms with Gasteiger partial charge in [0, 0.05) is 24.7 Å². The van der Waals surface area contributed by atoms with E-state index in [4.69, 9.17) is 9.47 Å². The number of hydrogen-bond acceptors (Lipinski definition) is 8. The molecule has 1 N–H and O–H groups in total. The number of carbonyl (C=O) groups is 1. The maximum atomic E-state index is 12.7. The van der Waals surface area contributed by atoms with Crippen molar-refractivity contribution >= 4 is 29.0 Å². The number of ether oxygens (including phenoxy) is 2. The van der Waals surface area contributed by atoms with Crippen LogP contribution in [0.3, 0.4) is 0 Å². The molecule has 0 aliphatic heterocycles. The van der Waals surface area contributed by atoms with Crippen molar-refractivity contribution in [2.24, 2.45) is 7.05 Å². The second-order valence-electron chi connectivity index (χ2n) is 5.79. The summed E-state index contributed by atoms with van der Waals surface area (Å²) in [5.74, 6) is 0.445. The molecule has 3 rings (SSSR count). The van der Waals surface area contributed by atoms with Gasteiger partial charge in [-0.05, 0) is 36.0 Å². The van der Waals surface area contributed by atoms with Gasteiger partial charge in [0.1, 0.15) is 17.8 Å². The molecule has 0 spiro atoms. The normalized spacial score (nSPS) is 10.4. The highest BCUT2D eigenvalue weighted by molar-refractivity contribution is 7.99. The minimum absolute atomic E-state index is 0.129. The van der Waals surface area contributed by atoms with E-state index in [1.54, 1.807) is 29.8 Å². The van der Waals surface area contributed by atoms with Gasteiger partial charge in [0.2, 0.25) is 0 Å². The lowest BCUT2D eigenvalue weighted by Crippen LogP contribution is -2.13. The maximum Gasteiger partial charge on any atom is 0.284 e. The molecule has 0 saturated heterocycles. The molecule has 29 heavy (non-hydrogen) atoms. The molecule has 0 aliphatic rings. The molecule has 0 fully saturated rings. The van der Waals surface area contributed by atoms with Gasteiger partial charge in [-0.2, -0.15) is 0 Å². The zero-order chi connectivity index (χ0) is 21.0. The first-order valence-electron chi connectivity index (χ1n) is 8.26. The first-order chi connectivity index (χ1) is 13.9. The Balaban J connectivity index is 1.89. The minimum Gasteiger partial charge on any atom is -0.497 e. The van der Waals surface area contributed by atoms with Crippen LogP contribution >= 0.6 is 11.8 Å². The number of methoxy groups -OCH3 is 2. The summed E-state index contributed by atoms with van der Waals surface area (Å²) in [4.78, 5) is 24.0. The summed E-state index contributed by atoms with van der Waals surface area (Å²) in [5.41, 5.74) is 0.309. The van der Waals surface area contributed by atoms with Crippen molar-refractivity contribution in [3.63, 3.8) is 0 Å². The molecule has 0 atom stereocenters. The van der Waals surface area contributed by atoms with Crippen molar-refractivity contribution in [2.75, 3.05) is 19.5 Å². The highest BCUT2D eigenvalue weighted by Crippen LogP contribution is 2.35. The van der Waals surface area contributed by atoms with Crippen molar-refractivity contribution < 1.29 is 19.2 Å². The zero-order valence-electron chi connectivity index (χ0n) is 15.8. The van der Waals surface area contributed by atoms with Crippen LogP contribution in [0.2, 0.25) is 0 Å². The average Bonchev–Trinajstić information content (AvgIpc) is 3.12. The number of aromatic nitrogens is 3. The summed E-state index contributed by atoms with van der Waals surface area (Å²) < 4.78 is 12.0. The van der Waals surface area contributed by atoms with E-state index in [0.717, 1.165) is 11.8 Å². The van der Waals surface area contributed by atoms with Crippen LogP contribution in [0.15, 0.2) is 52.8 Å². The lowest BCUT2D eigenvalue weighted by Gasteiger charge is -2.12. The lowest BCUT2D eigenvalue weighted by molar-refractivity contribution is -0.387. The Labute approximate surface area is 170 Å². The first-order valence-corrected chi connectivity index (χ1v) is 9.08. The molecule has 0 radical (unpaired) electrons. The molecule has 1 aromatic heterocycles. The van der Waals surface area contributed by atoms with Gasteiger partial charge in [0.15, 0.2) is 5.16 Å². The second kappa shape index (κ2) is 8.61. The molecule has 0 saturated carbocycles. The number of rotatable bonds is 7. The number of nitrogens with one attached hydrogen (secondary N) is 1. The predicted octanol–water partition coefficient (Wildman–Crippen LogP) is 3.14. The quantitative estimate of drug-likeness (QED) is 0.461. The lowest BCUT2D eigenvalue weighted by atomic mass is 10.1. The number of amides is 1. The van der Waals surface area contributed by atoms with Gasteiger partial charge in [-0.3, -0.25) is 14.9 Å². The van der Waals surface area contributed by atoms with Gasteiger partial charge in [-0.25, -0.2) is 0 Å². The van der Waals surface area contributed by atoms with Gasteiger partial charge in [0.05, 0.1) is 29.7 Å². The Kier molecular flexibility index (Phi) is 5.98. The molecule has 1 heterocycles. The van der Waals surface area contributed by atoms with Gasteiger partial charge >= 0.3 is 0 Å². The number of nitrogens with zero attached hydrogens (tertiary/aromatic N) is 4. The second-order valence-corrected chi connectivity index (χ2v) is 6.80. The maximum absolute atomic E-state index is 12.7. The van der Waals surface area contributed by atoms with Crippen LogP contribution in [-0.4, -0.2) is 39.8 Å². The topological polar surface area (TPSA) is 121 Å². The Morgan fingerprint density at radius 1 is 1.21 bits per heavy atom. The third kappa shape index (κ3) is 4.46. The van der Waals surface area contributed by atoms with E-state index in [0.29, 0.717) is 27.2 Å². The molecule has 0 unspecified atom stereocenters. The fraction of sp³-hybridized carbons (Fsp3) is 0.167. The molecular formula is C18H17N5O5S. The van der Waals surface area contributed by atoms with Crippen LogP contribution in [0.4, 0.5) is 11.4 Å². The molecule has 10 nitrogen and oxygen atoms in total. The summed E-state index contributed by atoms with van der Waals surface area (Å²) in [6.45, 7) is 0. The van der Waals surface area contributed by atoms with Crippen LogP contribution < -0.4 is 14.8 Å². The fourth-order valence-electron chi connectivity index (χ4n) is 2.46. The Hall–Kier alpha value is -3.60. The number of carbonyl (C=O) groups excluding carboxylic acids is 1. The zero-order valence-corrected chi connectivity index (χ0v) is 16.6. The molecule has 2 aromatic carbocycles. The van der Waals surface area contributed by atoms with Gasteiger partial charge < -0.3 is 19.4 Å². The summed E-state index contributed by atoms with van der Waals surface area (Å²) in [5, 5.41) is 22.4. The Morgan fingerprint density at radius 2 is 2.00 bits per heavy atom. The standard InChI is InChI=1S/C18H17N5O5S/c1-22-10-19-21-18(22)29-16-7-4-11(8-14(16)23(25)26)17(24)20-13-9-12(27-2)5-6-15(13)28-3/h4-10H,1-3H3,(H,20,24). The van der Waals surface area contributed by atoms with Gasteiger partial charge in [-0.15, -0.1) is 10.2 Å². The van der Waals surface area contributed by atoms with Crippen molar-refractivity contribution in [3.8, 4) is 11.5 Å². The predicted molar refractivity (Wildman–Crippen MR) is 106 cm³/mol. The molecular weight excluding hydrogens is 398 g/mol. The van der Waals surface area contributed by atoms with Crippen LogP contribution in [0, 0.1) is 10.1 Å². The molecule has 1 amide bonds. The highest BCUT2D eigenvalue weighted by atomic mass is 32.2. The van der Waals surface area contributed by atoms with E-state index in [1.807, 2.05) is 0 Å². The van der Waals surface area contributed by atoms with Crippen LogP contribution in [0.5, 0.6) is 11.5 Å². The fourth-order valence-corrected chi connectivity index (χ4v) is 3.31. The monoisotopic (exact) mass is 415 g/mol. The molecule has 0 bridgehead atoms. The van der Waals surface area contributed by atoms with Crippen LogP contribution in [0.1, 0.15) is 10.4 Å². The molecule has 0 aliphatic carbocycles. The van der Waals surface area contributed by atoms with E-state index < -0.39 is 10.8 Å². The van der Waals surface area contributed by atoms with Crippen LogP contribution in [0.25, 0.3) is 0 Å². The summed E-state index contributed by atoms with van der Waals surface area (Å²) >= 11 is 1.09.